The SMILES string of the molecule is CCCOc1c2cc(C(C)(C)C)cc1Cc1cc(C(C)(C)C)cc(c1OCCC)COCc1cc(C(C)(C)C)cc(c1OCCC)Cc1cc(C(C)(C)C)cc(c1OCCC)COC2. The molecule has 4 aromatic carbocycles. The van der Waals surface area contributed by atoms with Crippen molar-refractivity contribution in [2.24, 2.45) is 0 Å². The van der Waals surface area contributed by atoms with Crippen molar-refractivity contribution in [2.75, 3.05) is 26.4 Å². The van der Waals surface area contributed by atoms with E-state index in [0.717, 1.165) is 93.2 Å². The van der Waals surface area contributed by atoms with Gasteiger partial charge in [-0.05, 0) is 116 Å². The first-order valence-electron chi connectivity index (χ1n) is 24.4. The van der Waals surface area contributed by atoms with Crippen molar-refractivity contribution in [3.8, 4) is 23.0 Å². The highest BCUT2D eigenvalue weighted by Gasteiger charge is 2.28. The minimum atomic E-state index is -0.103. The van der Waals surface area contributed by atoms with Crippen molar-refractivity contribution >= 4 is 0 Å². The maximum atomic E-state index is 6.91. The normalized spacial score (nSPS) is 14.2. The molecule has 1 heterocycles. The summed E-state index contributed by atoms with van der Waals surface area (Å²) in [6, 6.07) is 18.7. The molecular weight excluding hydrogens is 793 g/mol. The van der Waals surface area contributed by atoms with Crippen LogP contribution in [0.25, 0.3) is 0 Å². The molecule has 64 heavy (non-hydrogen) atoms. The van der Waals surface area contributed by atoms with Gasteiger partial charge in [0.15, 0.2) is 0 Å². The van der Waals surface area contributed by atoms with E-state index in [1.807, 2.05) is 0 Å². The average Bonchev–Trinajstić information content (AvgIpc) is 3.20. The Hall–Kier alpha value is -4.00. The number of rotatable bonds is 12. The summed E-state index contributed by atoms with van der Waals surface area (Å²) < 4.78 is 41.0. The predicted octanol–water partition coefficient (Wildman–Crippen LogP) is 15.0. The summed E-state index contributed by atoms with van der Waals surface area (Å²) >= 11 is 0. The summed E-state index contributed by atoms with van der Waals surface area (Å²) in [7, 11) is 0. The van der Waals surface area contributed by atoms with E-state index in [1.165, 1.54) is 22.3 Å². The fraction of sp³-hybridized carbons (Fsp3) is 0.586. The summed E-state index contributed by atoms with van der Waals surface area (Å²) in [6.45, 7) is 40.1. The van der Waals surface area contributed by atoms with Crippen LogP contribution in [0.5, 0.6) is 23.0 Å². The van der Waals surface area contributed by atoms with Crippen LogP contribution in [0, 0.1) is 0 Å². The van der Waals surface area contributed by atoms with Crippen LogP contribution in [0.15, 0.2) is 48.5 Å². The van der Waals surface area contributed by atoms with Gasteiger partial charge < -0.3 is 28.4 Å². The predicted molar refractivity (Wildman–Crippen MR) is 266 cm³/mol. The van der Waals surface area contributed by atoms with Gasteiger partial charge in [0.25, 0.3) is 0 Å². The lowest BCUT2D eigenvalue weighted by Gasteiger charge is -2.28. The molecule has 0 unspecified atom stereocenters. The van der Waals surface area contributed by atoms with E-state index in [9.17, 15) is 0 Å². The zero-order valence-electron chi connectivity index (χ0n) is 43.0. The van der Waals surface area contributed by atoms with Gasteiger partial charge in [-0.3, -0.25) is 0 Å². The highest BCUT2D eigenvalue weighted by atomic mass is 16.5. The van der Waals surface area contributed by atoms with Crippen molar-refractivity contribution in [1.29, 1.82) is 0 Å². The second-order valence-electron chi connectivity index (χ2n) is 22.2. The van der Waals surface area contributed by atoms with Gasteiger partial charge in [-0.2, -0.15) is 0 Å². The van der Waals surface area contributed by atoms with Gasteiger partial charge >= 0.3 is 0 Å². The van der Waals surface area contributed by atoms with Gasteiger partial charge in [0, 0.05) is 35.1 Å². The topological polar surface area (TPSA) is 55.4 Å². The first-order chi connectivity index (χ1) is 30.1. The van der Waals surface area contributed by atoms with Crippen molar-refractivity contribution in [1.82, 2.24) is 0 Å². The molecule has 0 aliphatic carbocycles. The van der Waals surface area contributed by atoms with Gasteiger partial charge in [-0.15, -0.1) is 0 Å². The van der Waals surface area contributed by atoms with Gasteiger partial charge in [0.1, 0.15) is 23.0 Å². The zero-order chi connectivity index (χ0) is 47.0. The minimum absolute atomic E-state index is 0.103. The van der Waals surface area contributed by atoms with Crippen LogP contribution in [0.4, 0.5) is 0 Å². The van der Waals surface area contributed by atoms with Crippen molar-refractivity contribution in [2.45, 2.75) is 197 Å². The first-order valence-corrected chi connectivity index (χ1v) is 24.4. The smallest absolute Gasteiger partial charge is 0.128 e. The maximum Gasteiger partial charge on any atom is 0.128 e. The van der Waals surface area contributed by atoms with Crippen LogP contribution in [0.1, 0.15) is 203 Å². The number of hydrogen-bond acceptors (Lipinski definition) is 6. The third-order valence-electron chi connectivity index (χ3n) is 12.0. The van der Waals surface area contributed by atoms with Crippen LogP contribution in [0.3, 0.4) is 0 Å². The van der Waals surface area contributed by atoms with E-state index in [1.54, 1.807) is 0 Å². The Morgan fingerprint density at radius 1 is 0.328 bits per heavy atom. The monoisotopic (exact) mass is 877 g/mol. The second kappa shape index (κ2) is 21.5. The van der Waals surface area contributed by atoms with Gasteiger partial charge in [-0.25, -0.2) is 0 Å². The number of benzene rings is 4. The fourth-order valence-electron chi connectivity index (χ4n) is 8.21. The molecule has 0 saturated carbocycles. The quantitative estimate of drug-likeness (QED) is 0.141. The molecule has 6 nitrogen and oxygen atoms in total. The highest BCUT2D eigenvalue weighted by Crippen LogP contribution is 2.42. The first kappa shape index (κ1) is 51.0. The Balaban J connectivity index is 1.85. The number of fused-ring (bicyclic) bond motifs is 8. The largest absolute Gasteiger partial charge is 0.493 e. The zero-order valence-corrected chi connectivity index (χ0v) is 43.0. The van der Waals surface area contributed by atoms with E-state index in [2.05, 4.69) is 159 Å². The molecule has 4 aromatic rings. The van der Waals surface area contributed by atoms with Gasteiger partial charge in [0.2, 0.25) is 0 Å². The lowest BCUT2D eigenvalue weighted by atomic mass is 9.82. The van der Waals surface area contributed by atoms with Gasteiger partial charge in [0.05, 0.1) is 52.9 Å². The van der Waals surface area contributed by atoms with E-state index in [0.29, 0.717) is 65.7 Å². The standard InChI is InChI=1S/C58H84O6/c1-17-21-61-51-39-25-40-28-48(56(8,9)10)33-45(52(40)62-22-18-2)37-60-38-46-34-50(58(14,15)16)30-42(54(46)64-24-20-4)26-41-29-49(57(11,12)13)32-44(53(41)63-23-19-3)36-59-35-43(51)31-47(27-39)55(5,6)7/h27-34H,17-26,35-38H2,1-16H3. The Labute approximate surface area is 389 Å². The van der Waals surface area contributed by atoms with E-state index >= 15 is 0 Å². The van der Waals surface area contributed by atoms with Crippen molar-refractivity contribution in [3.05, 3.63) is 115 Å². The summed E-state index contributed by atoms with van der Waals surface area (Å²) in [4.78, 5) is 0. The van der Waals surface area contributed by atoms with Crippen molar-refractivity contribution < 1.29 is 28.4 Å². The highest BCUT2D eigenvalue weighted by molar-refractivity contribution is 5.55. The molecule has 0 aromatic heterocycles. The Bertz CT molecular complexity index is 1860. The Morgan fingerprint density at radius 2 is 0.516 bits per heavy atom. The maximum absolute atomic E-state index is 6.91. The molecule has 352 valence electrons. The molecule has 0 atom stereocenters. The molecule has 0 N–H and O–H groups in total. The number of hydrogen-bond donors (Lipinski definition) is 0. The fourth-order valence-corrected chi connectivity index (χ4v) is 8.21. The molecular formula is C58H84O6. The van der Waals surface area contributed by atoms with E-state index < -0.39 is 0 Å². The molecule has 0 saturated heterocycles. The lowest BCUT2D eigenvalue weighted by Crippen LogP contribution is -2.17. The third kappa shape index (κ3) is 13.1. The summed E-state index contributed by atoms with van der Waals surface area (Å²) in [5.74, 6) is 3.63. The van der Waals surface area contributed by atoms with Crippen LogP contribution in [-0.2, 0) is 70.4 Å². The van der Waals surface area contributed by atoms with Crippen LogP contribution < -0.4 is 18.9 Å². The molecule has 8 bridgehead atoms. The summed E-state index contributed by atoms with van der Waals surface area (Å²) in [6.07, 6.45) is 4.89. The third-order valence-corrected chi connectivity index (χ3v) is 12.0. The molecule has 1 aliphatic heterocycles. The Kier molecular flexibility index (Phi) is 17.2. The van der Waals surface area contributed by atoms with Gasteiger partial charge in [-0.1, -0.05) is 135 Å². The minimum Gasteiger partial charge on any atom is -0.493 e. The molecule has 1 aliphatic rings. The number of ether oxygens (including phenoxy) is 6. The Morgan fingerprint density at radius 3 is 0.688 bits per heavy atom. The second-order valence-corrected chi connectivity index (χ2v) is 22.2. The summed E-state index contributed by atoms with van der Waals surface area (Å²) in [5.41, 5.74) is 13.4. The van der Waals surface area contributed by atoms with Crippen molar-refractivity contribution in [3.63, 3.8) is 0 Å². The van der Waals surface area contributed by atoms with E-state index in [4.69, 9.17) is 28.4 Å². The molecule has 5 rings (SSSR count). The molecule has 0 spiro atoms. The van der Waals surface area contributed by atoms with E-state index in [-0.39, 0.29) is 21.7 Å². The van der Waals surface area contributed by atoms with Crippen LogP contribution in [-0.4, -0.2) is 26.4 Å². The summed E-state index contributed by atoms with van der Waals surface area (Å²) in [5, 5.41) is 0. The van der Waals surface area contributed by atoms with Crippen LogP contribution >= 0.6 is 0 Å². The molecule has 0 amide bonds. The lowest BCUT2D eigenvalue weighted by molar-refractivity contribution is 0.101. The molecule has 0 fully saturated rings. The van der Waals surface area contributed by atoms with Crippen LogP contribution in [0.2, 0.25) is 0 Å². The molecule has 0 radical (unpaired) electrons. The molecule has 6 heteroatoms. The average molecular weight is 877 g/mol.